The number of pyridine rings is 2. The maximum absolute atomic E-state index is 5.19. The van der Waals surface area contributed by atoms with E-state index in [0.717, 1.165) is 55.8 Å². The molecule has 32 heavy (non-hydrogen) atoms. The van der Waals surface area contributed by atoms with Gasteiger partial charge in [-0.05, 0) is 42.5 Å². The lowest BCUT2D eigenvalue weighted by Gasteiger charge is -2.07. The van der Waals surface area contributed by atoms with E-state index in [9.17, 15) is 0 Å². The average Bonchev–Trinajstić information content (AvgIpc) is 3.36. The van der Waals surface area contributed by atoms with Gasteiger partial charge in [-0.15, -0.1) is 0 Å². The fourth-order valence-corrected chi connectivity index (χ4v) is 4.48. The van der Waals surface area contributed by atoms with Crippen LogP contribution in [0.1, 0.15) is 0 Å². The maximum atomic E-state index is 5.19. The first kappa shape index (κ1) is 17.1. The van der Waals surface area contributed by atoms with E-state index in [1.807, 2.05) is 65.2 Å². The van der Waals surface area contributed by atoms with Crippen molar-refractivity contribution in [2.24, 2.45) is 0 Å². The molecular formula is C26H16N6. The van der Waals surface area contributed by atoms with E-state index in [1.165, 1.54) is 0 Å². The predicted molar refractivity (Wildman–Crippen MR) is 126 cm³/mol. The van der Waals surface area contributed by atoms with Gasteiger partial charge in [0.2, 0.25) is 0 Å². The van der Waals surface area contributed by atoms with Gasteiger partial charge in [-0.3, -0.25) is 14.1 Å². The summed E-state index contributed by atoms with van der Waals surface area (Å²) in [5.41, 5.74) is 7.06. The molecule has 0 saturated carbocycles. The number of para-hydroxylation sites is 2. The fourth-order valence-electron chi connectivity index (χ4n) is 4.48. The smallest absolute Gasteiger partial charge is 0.169 e. The van der Waals surface area contributed by atoms with Gasteiger partial charge in [-0.25, -0.2) is 15.0 Å². The van der Waals surface area contributed by atoms with Crippen LogP contribution in [0.5, 0.6) is 0 Å². The van der Waals surface area contributed by atoms with Crippen LogP contribution < -0.4 is 0 Å². The first-order chi connectivity index (χ1) is 15.9. The minimum absolute atomic E-state index is 0.741. The minimum atomic E-state index is 0.741. The first-order valence-electron chi connectivity index (χ1n) is 10.4. The molecule has 150 valence electrons. The molecule has 2 aromatic carbocycles. The van der Waals surface area contributed by atoms with Gasteiger partial charge in [-0.1, -0.05) is 42.5 Å². The van der Waals surface area contributed by atoms with Gasteiger partial charge in [0.1, 0.15) is 22.4 Å². The van der Waals surface area contributed by atoms with Crippen LogP contribution in [0, 0.1) is 0 Å². The molecule has 6 nitrogen and oxygen atoms in total. The van der Waals surface area contributed by atoms with Crippen LogP contribution in [0.3, 0.4) is 0 Å². The zero-order chi connectivity index (χ0) is 21.1. The van der Waals surface area contributed by atoms with Crippen molar-refractivity contribution in [2.45, 2.75) is 0 Å². The summed E-state index contributed by atoms with van der Waals surface area (Å²) in [4.78, 5) is 19.6. The number of hydrogen-bond donors (Lipinski definition) is 0. The molecule has 5 heterocycles. The van der Waals surface area contributed by atoms with Crippen molar-refractivity contribution in [3.05, 3.63) is 97.3 Å². The number of nitrogens with zero attached hydrogens (tertiary/aromatic N) is 6. The Morgan fingerprint density at radius 2 is 1.25 bits per heavy atom. The first-order valence-corrected chi connectivity index (χ1v) is 10.4. The molecule has 0 aliphatic heterocycles. The molecule has 7 aromatic rings. The molecule has 0 amide bonds. The van der Waals surface area contributed by atoms with Crippen LogP contribution in [-0.2, 0) is 0 Å². The maximum Gasteiger partial charge on any atom is 0.169 e. The second-order valence-electron chi connectivity index (χ2n) is 7.65. The third-order valence-corrected chi connectivity index (χ3v) is 5.83. The molecule has 0 spiro atoms. The van der Waals surface area contributed by atoms with Crippen LogP contribution in [0.25, 0.3) is 55.8 Å². The summed E-state index contributed by atoms with van der Waals surface area (Å²) in [6.45, 7) is 0. The molecule has 0 bridgehead atoms. The Hall–Kier alpha value is -4.58. The summed E-state index contributed by atoms with van der Waals surface area (Å²) in [6.07, 6.45) is 3.58. The quantitative estimate of drug-likeness (QED) is 0.378. The molecule has 0 radical (unpaired) electrons. The van der Waals surface area contributed by atoms with Crippen LogP contribution >= 0.6 is 0 Å². The Morgan fingerprint density at radius 3 is 2.12 bits per heavy atom. The highest BCUT2D eigenvalue weighted by atomic mass is 15.2. The lowest BCUT2D eigenvalue weighted by molar-refractivity contribution is 1.05. The van der Waals surface area contributed by atoms with Gasteiger partial charge in [0.15, 0.2) is 11.3 Å². The average molecular weight is 412 g/mol. The van der Waals surface area contributed by atoms with E-state index in [1.54, 1.807) is 12.4 Å². The molecule has 0 N–H and O–H groups in total. The van der Waals surface area contributed by atoms with E-state index in [-0.39, 0.29) is 0 Å². The van der Waals surface area contributed by atoms with Gasteiger partial charge < -0.3 is 0 Å². The van der Waals surface area contributed by atoms with Crippen LogP contribution in [0.15, 0.2) is 97.3 Å². The molecule has 0 atom stereocenters. The Kier molecular flexibility index (Phi) is 3.46. The van der Waals surface area contributed by atoms with Crippen molar-refractivity contribution in [3.63, 3.8) is 0 Å². The van der Waals surface area contributed by atoms with Gasteiger partial charge in [0.25, 0.3) is 0 Å². The second-order valence-corrected chi connectivity index (χ2v) is 7.65. The Balaban J connectivity index is 1.71. The number of aromatic nitrogens is 6. The van der Waals surface area contributed by atoms with Crippen molar-refractivity contribution in [3.8, 4) is 11.5 Å². The number of rotatable bonds is 2. The van der Waals surface area contributed by atoms with Crippen molar-refractivity contribution >= 4 is 44.3 Å². The van der Waals surface area contributed by atoms with Crippen LogP contribution in [0.4, 0.5) is 0 Å². The van der Waals surface area contributed by atoms with Crippen molar-refractivity contribution in [1.82, 2.24) is 29.1 Å². The highest BCUT2D eigenvalue weighted by Gasteiger charge is 2.21. The Labute approximate surface area is 182 Å². The monoisotopic (exact) mass is 412 g/mol. The molecule has 0 aliphatic carbocycles. The largest absolute Gasteiger partial charge is 0.292 e. The summed E-state index contributed by atoms with van der Waals surface area (Å²) in [6, 6.07) is 28.4. The van der Waals surface area contributed by atoms with Gasteiger partial charge in [0.05, 0.1) is 11.0 Å². The summed E-state index contributed by atoms with van der Waals surface area (Å²) in [5, 5.41) is 1.07. The third-order valence-electron chi connectivity index (χ3n) is 5.83. The summed E-state index contributed by atoms with van der Waals surface area (Å²) in [5.74, 6) is 0.788. The normalized spacial score (nSPS) is 11.8. The lowest BCUT2D eigenvalue weighted by Crippen LogP contribution is -2.00. The minimum Gasteiger partial charge on any atom is -0.292 e. The van der Waals surface area contributed by atoms with E-state index in [4.69, 9.17) is 9.97 Å². The number of benzene rings is 2. The fraction of sp³-hybridized carbons (Fsp3) is 0. The molecule has 0 unspecified atom stereocenters. The van der Waals surface area contributed by atoms with Crippen molar-refractivity contribution < 1.29 is 0 Å². The predicted octanol–water partition coefficient (Wildman–Crippen LogP) is 5.46. The Morgan fingerprint density at radius 1 is 0.500 bits per heavy atom. The van der Waals surface area contributed by atoms with Gasteiger partial charge in [-0.2, -0.15) is 0 Å². The topological polar surface area (TPSA) is 61.4 Å². The van der Waals surface area contributed by atoms with Crippen LogP contribution in [-0.4, -0.2) is 29.1 Å². The lowest BCUT2D eigenvalue weighted by atomic mass is 10.2. The molecule has 0 aliphatic rings. The second kappa shape index (κ2) is 6.46. The summed E-state index contributed by atoms with van der Waals surface area (Å²) >= 11 is 0. The highest BCUT2D eigenvalue weighted by molar-refractivity contribution is 6.11. The zero-order valence-corrected chi connectivity index (χ0v) is 16.9. The van der Waals surface area contributed by atoms with Gasteiger partial charge in [0, 0.05) is 23.5 Å². The van der Waals surface area contributed by atoms with E-state index in [0.29, 0.717) is 0 Å². The number of fused-ring (bicyclic) bond motifs is 6. The van der Waals surface area contributed by atoms with Crippen LogP contribution in [0.2, 0.25) is 0 Å². The SMILES string of the molecule is c1ccc(-n2c3ccccc3c3nc4c5ncccc5n(-c5ccccn5)c4nc32)cc1. The molecule has 6 heteroatoms. The standard InChI is InChI=1S/C26H16N6/c1-2-9-17(10-3-1)31-19-12-5-4-11-18(19)22-25(31)30-26-24(29-22)23-20(13-8-16-28-23)32(26)21-14-6-7-15-27-21/h1-16H. The molecular weight excluding hydrogens is 396 g/mol. The molecule has 0 fully saturated rings. The highest BCUT2D eigenvalue weighted by Crippen LogP contribution is 2.34. The van der Waals surface area contributed by atoms with E-state index in [2.05, 4.69) is 38.8 Å². The van der Waals surface area contributed by atoms with E-state index < -0.39 is 0 Å². The van der Waals surface area contributed by atoms with E-state index >= 15 is 0 Å². The summed E-state index contributed by atoms with van der Waals surface area (Å²) in [7, 11) is 0. The Bertz CT molecular complexity index is 1640. The summed E-state index contributed by atoms with van der Waals surface area (Å²) < 4.78 is 4.21. The molecule has 5 aromatic heterocycles. The molecule has 7 rings (SSSR count). The van der Waals surface area contributed by atoms with Gasteiger partial charge >= 0.3 is 0 Å². The van der Waals surface area contributed by atoms with Crippen molar-refractivity contribution in [2.75, 3.05) is 0 Å². The third kappa shape index (κ3) is 2.29. The zero-order valence-electron chi connectivity index (χ0n) is 16.9. The number of hydrogen-bond acceptors (Lipinski definition) is 4. The molecule has 0 saturated heterocycles. The van der Waals surface area contributed by atoms with Crippen molar-refractivity contribution in [1.29, 1.82) is 0 Å².